The third-order valence-electron chi connectivity index (χ3n) is 5.30. The van der Waals surface area contributed by atoms with Crippen LogP contribution in [0, 0.1) is 0 Å². The zero-order valence-corrected chi connectivity index (χ0v) is 20.2. The zero-order chi connectivity index (χ0) is 23.4. The first-order valence-corrected chi connectivity index (χ1v) is 13.4. The molecule has 4 aromatic rings. The van der Waals surface area contributed by atoms with Crippen LogP contribution < -0.4 is 4.72 Å². The molecule has 33 heavy (non-hydrogen) atoms. The summed E-state index contributed by atoms with van der Waals surface area (Å²) >= 11 is 1.39. The Labute approximate surface area is 197 Å². The van der Waals surface area contributed by atoms with Gasteiger partial charge in [0.05, 0.1) is 28.1 Å². The standard InChI is InChI=1S/C24H26N4O3S2/c1-3-4-13-33(30,31)27-17(2)14-18-7-5-8-19(15-18)21-10-11-25-24-20(16-26-28(21)24)23(29)22-9-6-12-32-22/h5-12,15-17,27H,3-4,13-14H2,1-2H3. The predicted molar refractivity (Wildman–Crippen MR) is 131 cm³/mol. The SMILES string of the molecule is CCCCS(=O)(=O)NC(C)Cc1cccc(-c2ccnc3c(C(=O)c4cccs4)cnn23)c1. The van der Waals surface area contributed by atoms with Gasteiger partial charge in [0.1, 0.15) is 0 Å². The highest BCUT2D eigenvalue weighted by atomic mass is 32.2. The summed E-state index contributed by atoms with van der Waals surface area (Å²) in [6.45, 7) is 3.85. The quantitative estimate of drug-likeness (QED) is 0.340. The van der Waals surface area contributed by atoms with Gasteiger partial charge in [-0.05, 0) is 48.9 Å². The number of carbonyl (C=O) groups excluding carboxylic acids is 1. The second-order valence-electron chi connectivity index (χ2n) is 8.03. The van der Waals surface area contributed by atoms with E-state index in [2.05, 4.69) is 14.8 Å². The van der Waals surface area contributed by atoms with Crippen molar-refractivity contribution >= 4 is 32.8 Å². The minimum atomic E-state index is -3.28. The first-order chi connectivity index (χ1) is 15.9. The van der Waals surface area contributed by atoms with Crippen molar-refractivity contribution in [2.75, 3.05) is 5.75 Å². The monoisotopic (exact) mass is 482 g/mol. The summed E-state index contributed by atoms with van der Waals surface area (Å²) in [7, 11) is -3.28. The van der Waals surface area contributed by atoms with Crippen molar-refractivity contribution in [3.8, 4) is 11.3 Å². The van der Waals surface area contributed by atoms with Crippen molar-refractivity contribution in [2.24, 2.45) is 0 Å². The summed E-state index contributed by atoms with van der Waals surface area (Å²) in [5, 5.41) is 6.31. The van der Waals surface area contributed by atoms with E-state index in [-0.39, 0.29) is 17.6 Å². The first kappa shape index (κ1) is 23.3. The third kappa shape index (κ3) is 5.38. The van der Waals surface area contributed by atoms with E-state index in [0.717, 1.165) is 23.2 Å². The van der Waals surface area contributed by atoms with Gasteiger partial charge in [-0.3, -0.25) is 4.79 Å². The highest BCUT2D eigenvalue weighted by molar-refractivity contribution is 7.89. The van der Waals surface area contributed by atoms with Crippen molar-refractivity contribution in [3.05, 3.63) is 76.2 Å². The Morgan fingerprint density at radius 1 is 1.21 bits per heavy atom. The lowest BCUT2D eigenvalue weighted by molar-refractivity contribution is 0.104. The van der Waals surface area contributed by atoms with Crippen LogP contribution in [0.2, 0.25) is 0 Å². The normalized spacial score (nSPS) is 12.8. The van der Waals surface area contributed by atoms with Crippen molar-refractivity contribution in [3.63, 3.8) is 0 Å². The van der Waals surface area contributed by atoms with Gasteiger partial charge in [-0.2, -0.15) is 5.10 Å². The molecule has 9 heteroatoms. The lowest BCUT2D eigenvalue weighted by atomic mass is 10.0. The fraction of sp³-hybridized carbons (Fsp3) is 0.292. The number of rotatable bonds is 10. The number of nitrogens with zero attached hydrogens (tertiary/aromatic N) is 3. The van der Waals surface area contributed by atoms with Crippen LogP contribution in [-0.4, -0.2) is 40.6 Å². The van der Waals surface area contributed by atoms with Crippen LogP contribution in [0.4, 0.5) is 0 Å². The van der Waals surface area contributed by atoms with Crippen LogP contribution in [0.3, 0.4) is 0 Å². The molecule has 1 unspecified atom stereocenters. The predicted octanol–water partition coefficient (Wildman–Crippen LogP) is 4.34. The molecule has 0 fully saturated rings. The molecule has 1 aromatic carbocycles. The van der Waals surface area contributed by atoms with E-state index in [0.29, 0.717) is 28.9 Å². The molecular formula is C24H26N4O3S2. The highest BCUT2D eigenvalue weighted by Crippen LogP contribution is 2.24. The minimum absolute atomic E-state index is 0.0948. The van der Waals surface area contributed by atoms with Crippen molar-refractivity contribution in [1.29, 1.82) is 0 Å². The van der Waals surface area contributed by atoms with Gasteiger partial charge in [-0.15, -0.1) is 11.3 Å². The highest BCUT2D eigenvalue weighted by Gasteiger charge is 2.19. The van der Waals surface area contributed by atoms with E-state index >= 15 is 0 Å². The molecule has 0 saturated carbocycles. The number of sulfonamides is 1. The molecular weight excluding hydrogens is 456 g/mol. The Morgan fingerprint density at radius 2 is 2.06 bits per heavy atom. The number of hydrogen-bond donors (Lipinski definition) is 1. The summed E-state index contributed by atoms with van der Waals surface area (Å²) in [6.07, 6.45) is 5.29. The number of carbonyl (C=O) groups is 1. The third-order valence-corrected chi connectivity index (χ3v) is 7.76. The number of thiophene rings is 1. The Hall–Kier alpha value is -2.88. The molecule has 0 aliphatic rings. The number of aromatic nitrogens is 3. The summed E-state index contributed by atoms with van der Waals surface area (Å²) in [6, 6.07) is 13.2. The van der Waals surface area contributed by atoms with Crippen LogP contribution in [0.1, 0.15) is 47.5 Å². The van der Waals surface area contributed by atoms with Crippen LogP contribution >= 0.6 is 11.3 Å². The van der Waals surface area contributed by atoms with E-state index in [9.17, 15) is 13.2 Å². The van der Waals surface area contributed by atoms with Gasteiger partial charge in [0.2, 0.25) is 15.8 Å². The molecule has 1 atom stereocenters. The largest absolute Gasteiger partial charge is 0.287 e. The zero-order valence-electron chi connectivity index (χ0n) is 18.6. The van der Waals surface area contributed by atoms with E-state index in [1.54, 1.807) is 23.0 Å². The second kappa shape index (κ2) is 9.94. The summed E-state index contributed by atoms with van der Waals surface area (Å²) < 4.78 is 28.9. The Balaban J connectivity index is 1.58. The average Bonchev–Trinajstić information content (AvgIpc) is 3.47. The fourth-order valence-electron chi connectivity index (χ4n) is 3.76. The number of nitrogens with one attached hydrogen (secondary N) is 1. The Kier molecular flexibility index (Phi) is 7.02. The average molecular weight is 483 g/mol. The minimum Gasteiger partial charge on any atom is -0.287 e. The molecule has 3 aromatic heterocycles. The molecule has 1 N–H and O–H groups in total. The lowest BCUT2D eigenvalue weighted by Crippen LogP contribution is -2.35. The first-order valence-electron chi connectivity index (χ1n) is 10.9. The fourth-order valence-corrected chi connectivity index (χ4v) is 5.92. The lowest BCUT2D eigenvalue weighted by Gasteiger charge is -2.15. The molecule has 0 aliphatic heterocycles. The molecule has 0 spiro atoms. The van der Waals surface area contributed by atoms with Gasteiger partial charge in [-0.25, -0.2) is 22.6 Å². The van der Waals surface area contributed by atoms with E-state index in [1.165, 1.54) is 11.3 Å². The Bertz CT molecular complexity index is 1360. The maximum absolute atomic E-state index is 12.8. The molecule has 3 heterocycles. The molecule has 0 radical (unpaired) electrons. The number of hydrogen-bond acceptors (Lipinski definition) is 6. The van der Waals surface area contributed by atoms with Gasteiger partial charge in [-0.1, -0.05) is 37.6 Å². The number of unbranched alkanes of at least 4 members (excludes halogenated alkanes) is 1. The second-order valence-corrected chi connectivity index (χ2v) is 10.8. The number of benzene rings is 1. The van der Waals surface area contributed by atoms with Crippen LogP contribution in [-0.2, 0) is 16.4 Å². The van der Waals surface area contributed by atoms with Crippen LogP contribution in [0.5, 0.6) is 0 Å². The van der Waals surface area contributed by atoms with E-state index in [4.69, 9.17) is 0 Å². The van der Waals surface area contributed by atoms with Gasteiger partial charge in [0, 0.05) is 17.8 Å². The maximum atomic E-state index is 12.8. The van der Waals surface area contributed by atoms with Crippen molar-refractivity contribution in [2.45, 2.75) is 39.2 Å². The molecule has 0 amide bonds. The van der Waals surface area contributed by atoms with E-state index < -0.39 is 10.0 Å². The van der Waals surface area contributed by atoms with Gasteiger partial charge in [0.25, 0.3) is 0 Å². The molecule has 172 valence electrons. The smallest absolute Gasteiger partial charge is 0.211 e. The molecule has 7 nitrogen and oxygen atoms in total. The molecule has 0 saturated heterocycles. The topological polar surface area (TPSA) is 93.4 Å². The van der Waals surface area contributed by atoms with Crippen LogP contribution in [0.15, 0.2) is 60.2 Å². The number of ketones is 1. The van der Waals surface area contributed by atoms with Gasteiger partial charge in [0.15, 0.2) is 5.65 Å². The molecule has 0 aliphatic carbocycles. The van der Waals surface area contributed by atoms with Gasteiger partial charge >= 0.3 is 0 Å². The van der Waals surface area contributed by atoms with Gasteiger partial charge < -0.3 is 0 Å². The summed E-state index contributed by atoms with van der Waals surface area (Å²) in [5.41, 5.74) is 3.70. The molecule has 4 rings (SSSR count). The van der Waals surface area contributed by atoms with Crippen molar-refractivity contribution in [1.82, 2.24) is 19.3 Å². The number of fused-ring (bicyclic) bond motifs is 1. The Morgan fingerprint density at radius 3 is 2.82 bits per heavy atom. The van der Waals surface area contributed by atoms with Crippen molar-refractivity contribution < 1.29 is 13.2 Å². The summed E-state index contributed by atoms with van der Waals surface area (Å²) in [5.74, 6) is 0.0527. The van der Waals surface area contributed by atoms with Crippen LogP contribution in [0.25, 0.3) is 16.9 Å². The van der Waals surface area contributed by atoms with E-state index in [1.807, 2.05) is 55.6 Å². The maximum Gasteiger partial charge on any atom is 0.211 e. The molecule has 0 bridgehead atoms. The summed E-state index contributed by atoms with van der Waals surface area (Å²) in [4.78, 5) is 17.9.